The summed E-state index contributed by atoms with van der Waals surface area (Å²) < 4.78 is 25.9. The molecule has 2 heterocycles. The Kier molecular flexibility index (Phi) is 4.39. The van der Waals surface area contributed by atoms with Gasteiger partial charge in [0, 0.05) is 25.0 Å². The van der Waals surface area contributed by atoms with Gasteiger partial charge in [0.1, 0.15) is 0 Å². The summed E-state index contributed by atoms with van der Waals surface area (Å²) in [5, 5.41) is 9.05. The fourth-order valence-electron chi connectivity index (χ4n) is 2.55. The summed E-state index contributed by atoms with van der Waals surface area (Å²) in [6.07, 6.45) is 4.04. The number of carboxylic acid groups (broad SMARTS) is 1. The van der Waals surface area contributed by atoms with Crippen LogP contribution in [0.5, 0.6) is 0 Å². The monoisotopic (exact) mass is 298 g/mol. The molecule has 7 heteroatoms. The fourth-order valence-corrected chi connectivity index (χ4v) is 4.31. The van der Waals surface area contributed by atoms with Crippen molar-refractivity contribution in [2.75, 3.05) is 12.3 Å². The van der Waals surface area contributed by atoms with E-state index in [1.54, 1.807) is 31.5 Å². The summed E-state index contributed by atoms with van der Waals surface area (Å²) in [6.45, 7) is 1.95. The molecule has 2 atom stereocenters. The first-order valence-corrected chi connectivity index (χ1v) is 8.14. The second-order valence-corrected chi connectivity index (χ2v) is 7.05. The zero-order valence-electron chi connectivity index (χ0n) is 11.3. The van der Waals surface area contributed by atoms with Gasteiger partial charge in [-0.15, -0.1) is 0 Å². The summed E-state index contributed by atoms with van der Waals surface area (Å²) in [7, 11) is -3.42. The number of sulfonamides is 1. The van der Waals surface area contributed by atoms with Crippen LogP contribution in [0.2, 0.25) is 0 Å². The molecule has 2 unspecified atom stereocenters. The smallest absolute Gasteiger partial charge is 0.308 e. The Morgan fingerprint density at radius 3 is 2.65 bits per heavy atom. The van der Waals surface area contributed by atoms with Gasteiger partial charge in [-0.2, -0.15) is 4.31 Å². The number of hydrogen-bond acceptors (Lipinski definition) is 4. The molecule has 20 heavy (non-hydrogen) atoms. The Balaban J connectivity index is 2.02. The van der Waals surface area contributed by atoms with Crippen molar-refractivity contribution in [2.24, 2.45) is 5.92 Å². The predicted octanol–water partition coefficient (Wildman–Crippen LogP) is 0.749. The highest BCUT2D eigenvalue weighted by atomic mass is 32.2. The highest BCUT2D eigenvalue weighted by Crippen LogP contribution is 2.27. The zero-order chi connectivity index (χ0) is 14.8. The van der Waals surface area contributed by atoms with Crippen molar-refractivity contribution in [3.63, 3.8) is 0 Å². The number of rotatable bonds is 5. The van der Waals surface area contributed by atoms with E-state index in [0.29, 0.717) is 12.8 Å². The number of nitrogens with zero attached hydrogens (tertiary/aromatic N) is 2. The first kappa shape index (κ1) is 14.9. The number of hydrogen-bond donors (Lipinski definition) is 1. The minimum Gasteiger partial charge on any atom is -0.481 e. The van der Waals surface area contributed by atoms with E-state index >= 15 is 0 Å². The molecule has 0 radical (unpaired) electrons. The van der Waals surface area contributed by atoms with Crippen molar-refractivity contribution in [1.29, 1.82) is 0 Å². The molecule has 0 spiro atoms. The van der Waals surface area contributed by atoms with Crippen LogP contribution in [0.15, 0.2) is 24.5 Å². The summed E-state index contributed by atoms with van der Waals surface area (Å²) in [5.41, 5.74) is 0.908. The Bertz CT molecular complexity index is 573. The summed E-state index contributed by atoms with van der Waals surface area (Å²) in [5.74, 6) is -1.54. The lowest BCUT2D eigenvalue weighted by molar-refractivity contribution is -0.142. The first-order valence-electron chi connectivity index (χ1n) is 6.53. The highest BCUT2D eigenvalue weighted by molar-refractivity contribution is 7.89. The molecule has 0 saturated carbocycles. The van der Waals surface area contributed by atoms with E-state index in [-0.39, 0.29) is 12.3 Å². The largest absolute Gasteiger partial charge is 0.481 e. The van der Waals surface area contributed by atoms with Crippen molar-refractivity contribution < 1.29 is 18.3 Å². The van der Waals surface area contributed by atoms with Crippen LogP contribution in [0.3, 0.4) is 0 Å². The third-order valence-electron chi connectivity index (χ3n) is 3.77. The number of carbonyl (C=O) groups is 1. The lowest BCUT2D eigenvalue weighted by atomic mass is 10.0. The third-order valence-corrected chi connectivity index (χ3v) is 5.72. The number of aromatic nitrogens is 1. The van der Waals surface area contributed by atoms with Gasteiger partial charge >= 0.3 is 5.97 Å². The van der Waals surface area contributed by atoms with Gasteiger partial charge in [0.15, 0.2) is 0 Å². The fraction of sp³-hybridized carbons (Fsp3) is 0.538. The van der Waals surface area contributed by atoms with Gasteiger partial charge in [-0.25, -0.2) is 8.42 Å². The average molecular weight is 298 g/mol. The van der Waals surface area contributed by atoms with Gasteiger partial charge in [-0.1, -0.05) is 0 Å². The average Bonchev–Trinajstić information content (AvgIpc) is 2.80. The highest BCUT2D eigenvalue weighted by Gasteiger charge is 2.41. The SMILES string of the molecule is CC1C(C(=O)O)CCN1S(=O)(=O)CCc1ccncc1. The quantitative estimate of drug-likeness (QED) is 0.866. The molecular weight excluding hydrogens is 280 g/mol. The Labute approximate surface area is 118 Å². The van der Waals surface area contributed by atoms with E-state index in [9.17, 15) is 13.2 Å². The maximum atomic E-state index is 12.3. The van der Waals surface area contributed by atoms with E-state index in [2.05, 4.69) is 4.98 Å². The minimum absolute atomic E-state index is 0.00626. The normalized spacial score (nSPS) is 23.9. The maximum absolute atomic E-state index is 12.3. The number of carboxylic acids is 1. The third kappa shape index (κ3) is 3.16. The van der Waals surface area contributed by atoms with Crippen molar-refractivity contribution in [3.8, 4) is 0 Å². The Morgan fingerprint density at radius 2 is 2.10 bits per heavy atom. The molecule has 6 nitrogen and oxygen atoms in total. The van der Waals surface area contributed by atoms with Crippen molar-refractivity contribution in [2.45, 2.75) is 25.8 Å². The molecular formula is C13H18N2O4S. The van der Waals surface area contributed by atoms with E-state index in [1.807, 2.05) is 0 Å². The number of pyridine rings is 1. The summed E-state index contributed by atoms with van der Waals surface area (Å²) >= 11 is 0. The topological polar surface area (TPSA) is 87.6 Å². The van der Waals surface area contributed by atoms with Crippen LogP contribution < -0.4 is 0 Å². The molecule has 2 rings (SSSR count). The van der Waals surface area contributed by atoms with Crippen molar-refractivity contribution in [3.05, 3.63) is 30.1 Å². The summed E-state index contributed by atoms with van der Waals surface area (Å²) in [6, 6.07) is 3.08. The number of aryl methyl sites for hydroxylation is 1. The minimum atomic E-state index is -3.42. The van der Waals surface area contributed by atoms with Crippen LogP contribution >= 0.6 is 0 Å². The van der Waals surface area contributed by atoms with Gasteiger partial charge in [0.05, 0.1) is 11.7 Å². The molecule has 0 bridgehead atoms. The molecule has 1 aliphatic rings. The van der Waals surface area contributed by atoms with E-state index in [4.69, 9.17) is 5.11 Å². The Morgan fingerprint density at radius 1 is 1.45 bits per heavy atom. The van der Waals surface area contributed by atoms with Gasteiger partial charge in [0.25, 0.3) is 0 Å². The molecule has 1 fully saturated rings. The second kappa shape index (κ2) is 5.88. The van der Waals surface area contributed by atoms with Crippen LogP contribution in [0.4, 0.5) is 0 Å². The molecule has 110 valence electrons. The maximum Gasteiger partial charge on any atom is 0.308 e. The second-order valence-electron chi connectivity index (χ2n) is 5.01. The first-order chi connectivity index (χ1) is 9.42. The zero-order valence-corrected chi connectivity index (χ0v) is 12.1. The molecule has 0 aromatic carbocycles. The molecule has 0 amide bonds. The molecule has 1 aliphatic heterocycles. The van der Waals surface area contributed by atoms with Gasteiger partial charge in [-0.3, -0.25) is 9.78 Å². The van der Waals surface area contributed by atoms with Crippen LogP contribution in [-0.4, -0.2) is 47.1 Å². The Hall–Kier alpha value is -1.47. The predicted molar refractivity (Wildman–Crippen MR) is 73.6 cm³/mol. The lowest BCUT2D eigenvalue weighted by Crippen LogP contribution is -2.39. The molecule has 1 aromatic heterocycles. The lowest BCUT2D eigenvalue weighted by Gasteiger charge is -2.22. The van der Waals surface area contributed by atoms with E-state index in [1.165, 1.54) is 4.31 Å². The molecule has 1 aromatic rings. The van der Waals surface area contributed by atoms with Crippen molar-refractivity contribution in [1.82, 2.24) is 9.29 Å². The van der Waals surface area contributed by atoms with Gasteiger partial charge in [-0.05, 0) is 37.5 Å². The number of aliphatic carboxylic acids is 1. The summed E-state index contributed by atoms with van der Waals surface area (Å²) in [4.78, 5) is 14.9. The van der Waals surface area contributed by atoms with Gasteiger partial charge in [0.2, 0.25) is 10.0 Å². The van der Waals surface area contributed by atoms with Crippen LogP contribution in [-0.2, 0) is 21.2 Å². The van der Waals surface area contributed by atoms with Crippen LogP contribution in [0, 0.1) is 5.92 Å². The van der Waals surface area contributed by atoms with Crippen molar-refractivity contribution >= 4 is 16.0 Å². The van der Waals surface area contributed by atoms with Gasteiger partial charge < -0.3 is 5.11 Å². The van der Waals surface area contributed by atoms with Crippen LogP contribution in [0.1, 0.15) is 18.9 Å². The van der Waals surface area contributed by atoms with Crippen LogP contribution in [0.25, 0.3) is 0 Å². The van der Waals surface area contributed by atoms with E-state index in [0.717, 1.165) is 5.56 Å². The standard InChI is InChI=1S/C13H18N2O4S/c1-10-12(13(16)17)4-8-15(10)20(18,19)9-5-11-2-6-14-7-3-11/h2-3,6-7,10,12H,4-5,8-9H2,1H3,(H,16,17). The molecule has 1 N–H and O–H groups in total. The molecule has 0 aliphatic carbocycles. The molecule has 1 saturated heterocycles. The van der Waals surface area contributed by atoms with E-state index < -0.39 is 28.0 Å².